The molecular weight excluding hydrogens is 258 g/mol. The van der Waals surface area contributed by atoms with Gasteiger partial charge in [-0.05, 0) is 32.6 Å². The Kier molecular flexibility index (Phi) is 4.58. The fourth-order valence-electron chi connectivity index (χ4n) is 2.33. The van der Waals surface area contributed by atoms with Gasteiger partial charge in [-0.3, -0.25) is 4.79 Å². The molecule has 0 radical (unpaired) electrons. The van der Waals surface area contributed by atoms with Crippen LogP contribution in [0.25, 0.3) is 0 Å². The van der Waals surface area contributed by atoms with Gasteiger partial charge in [0.2, 0.25) is 5.91 Å². The van der Waals surface area contributed by atoms with Gasteiger partial charge in [0.05, 0.1) is 18.2 Å². The molecule has 2 rings (SSSR count). The van der Waals surface area contributed by atoms with E-state index in [2.05, 4.69) is 4.98 Å². The summed E-state index contributed by atoms with van der Waals surface area (Å²) in [6, 6.07) is -0.112. The third-order valence-corrected chi connectivity index (χ3v) is 4.96. The zero-order valence-electron chi connectivity index (χ0n) is 12.0. The molecule has 5 heteroatoms. The summed E-state index contributed by atoms with van der Waals surface area (Å²) in [6.45, 7) is 4.36. The lowest BCUT2D eigenvalue weighted by atomic mass is 10.0. The summed E-state index contributed by atoms with van der Waals surface area (Å²) in [5, 5.41) is 1.06. The van der Waals surface area contributed by atoms with Crippen molar-refractivity contribution in [1.29, 1.82) is 0 Å². The molecule has 0 saturated carbocycles. The van der Waals surface area contributed by atoms with E-state index in [4.69, 9.17) is 5.73 Å². The highest BCUT2D eigenvalue weighted by Gasteiger charge is 2.22. The quantitative estimate of drug-likeness (QED) is 0.918. The number of aromatic nitrogens is 1. The molecule has 1 aromatic heterocycles. The topological polar surface area (TPSA) is 59.2 Å². The molecule has 1 aliphatic carbocycles. The summed E-state index contributed by atoms with van der Waals surface area (Å²) in [7, 11) is 1.83. The first kappa shape index (κ1) is 14.5. The van der Waals surface area contributed by atoms with Crippen molar-refractivity contribution in [2.45, 2.75) is 52.1 Å². The van der Waals surface area contributed by atoms with Crippen molar-refractivity contribution in [2.24, 2.45) is 11.7 Å². The average Bonchev–Trinajstić information content (AvgIpc) is 2.78. The van der Waals surface area contributed by atoms with Crippen LogP contribution in [0.1, 0.15) is 42.3 Å². The third kappa shape index (κ3) is 3.34. The molecule has 19 heavy (non-hydrogen) atoms. The molecule has 1 aliphatic rings. The number of carbonyl (C=O) groups excluding carboxylic acids is 1. The summed E-state index contributed by atoms with van der Waals surface area (Å²) in [4.78, 5) is 20.0. The van der Waals surface area contributed by atoms with Gasteiger partial charge in [0.15, 0.2) is 0 Å². The number of hydrogen-bond acceptors (Lipinski definition) is 4. The number of nitrogens with two attached hydrogens (primary N) is 1. The monoisotopic (exact) mass is 281 g/mol. The molecule has 4 nitrogen and oxygen atoms in total. The SMILES string of the molecule is CC(N)C(C)C(=O)N(C)Cc1nc2c(s1)CCCC2. The molecular formula is C14H23N3OS. The Balaban J connectivity index is 2.00. The van der Waals surface area contributed by atoms with Crippen LogP contribution in [0.4, 0.5) is 0 Å². The van der Waals surface area contributed by atoms with Crippen LogP contribution < -0.4 is 5.73 Å². The number of thiazole rings is 1. The summed E-state index contributed by atoms with van der Waals surface area (Å²) in [5.41, 5.74) is 7.04. The van der Waals surface area contributed by atoms with E-state index < -0.39 is 0 Å². The van der Waals surface area contributed by atoms with E-state index in [1.165, 1.54) is 23.4 Å². The molecule has 0 fully saturated rings. The minimum absolute atomic E-state index is 0.100. The maximum Gasteiger partial charge on any atom is 0.227 e. The van der Waals surface area contributed by atoms with Gasteiger partial charge in [-0.1, -0.05) is 6.92 Å². The second-order valence-corrected chi connectivity index (χ2v) is 6.69. The van der Waals surface area contributed by atoms with Crippen LogP contribution in [0, 0.1) is 5.92 Å². The van der Waals surface area contributed by atoms with E-state index in [1.54, 1.807) is 16.2 Å². The van der Waals surface area contributed by atoms with Crippen LogP contribution in [0.5, 0.6) is 0 Å². The van der Waals surface area contributed by atoms with E-state index in [0.29, 0.717) is 6.54 Å². The van der Waals surface area contributed by atoms with Gasteiger partial charge >= 0.3 is 0 Å². The Bertz CT molecular complexity index is 432. The largest absolute Gasteiger partial charge is 0.339 e. The Morgan fingerprint density at radius 3 is 2.74 bits per heavy atom. The summed E-state index contributed by atoms with van der Waals surface area (Å²) >= 11 is 1.76. The number of nitrogens with zero attached hydrogens (tertiary/aromatic N) is 2. The first-order chi connectivity index (χ1) is 8.99. The third-order valence-electron chi connectivity index (χ3n) is 3.82. The lowest BCUT2D eigenvalue weighted by Gasteiger charge is -2.22. The number of rotatable bonds is 4. The van der Waals surface area contributed by atoms with E-state index in [1.807, 2.05) is 20.9 Å². The molecule has 2 atom stereocenters. The highest BCUT2D eigenvalue weighted by molar-refractivity contribution is 7.11. The number of hydrogen-bond donors (Lipinski definition) is 1. The highest BCUT2D eigenvalue weighted by atomic mass is 32.1. The fraction of sp³-hybridized carbons (Fsp3) is 0.714. The van der Waals surface area contributed by atoms with Gasteiger partial charge in [0.25, 0.3) is 0 Å². The van der Waals surface area contributed by atoms with Crippen molar-refractivity contribution in [3.63, 3.8) is 0 Å². The molecule has 0 aromatic carbocycles. The molecule has 2 N–H and O–H groups in total. The molecule has 0 spiro atoms. The van der Waals surface area contributed by atoms with Gasteiger partial charge in [0, 0.05) is 18.0 Å². The van der Waals surface area contributed by atoms with E-state index >= 15 is 0 Å². The summed E-state index contributed by atoms with van der Waals surface area (Å²) in [5.74, 6) is -0.0391. The smallest absolute Gasteiger partial charge is 0.227 e. The van der Waals surface area contributed by atoms with Crippen molar-refractivity contribution in [3.8, 4) is 0 Å². The van der Waals surface area contributed by atoms with E-state index in [9.17, 15) is 4.79 Å². The standard InChI is InChI=1S/C14H23N3OS/c1-9(10(2)15)14(18)17(3)8-13-16-11-6-4-5-7-12(11)19-13/h9-10H,4-8,15H2,1-3H3. The van der Waals surface area contributed by atoms with Crippen LogP contribution in [-0.2, 0) is 24.2 Å². The highest BCUT2D eigenvalue weighted by Crippen LogP contribution is 2.27. The van der Waals surface area contributed by atoms with Crippen molar-refractivity contribution in [3.05, 3.63) is 15.6 Å². The Morgan fingerprint density at radius 1 is 1.42 bits per heavy atom. The lowest BCUT2D eigenvalue weighted by Crippen LogP contribution is -2.39. The van der Waals surface area contributed by atoms with Crippen LogP contribution in [0.15, 0.2) is 0 Å². The second-order valence-electron chi connectivity index (χ2n) is 5.53. The minimum atomic E-state index is -0.139. The molecule has 0 saturated heterocycles. The normalized spacial score (nSPS) is 17.7. The maximum atomic E-state index is 12.2. The number of fused-ring (bicyclic) bond motifs is 1. The fourth-order valence-corrected chi connectivity index (χ4v) is 3.54. The molecule has 1 amide bonds. The van der Waals surface area contributed by atoms with Gasteiger partial charge in [-0.25, -0.2) is 4.98 Å². The average molecular weight is 281 g/mol. The molecule has 106 valence electrons. The van der Waals surface area contributed by atoms with Gasteiger partial charge in [-0.2, -0.15) is 0 Å². The Hall–Kier alpha value is -0.940. The predicted molar refractivity (Wildman–Crippen MR) is 78.0 cm³/mol. The number of amides is 1. The zero-order valence-corrected chi connectivity index (χ0v) is 12.8. The van der Waals surface area contributed by atoms with Crippen molar-refractivity contribution in [1.82, 2.24) is 9.88 Å². The summed E-state index contributed by atoms with van der Waals surface area (Å²) in [6.07, 6.45) is 4.76. The van der Waals surface area contributed by atoms with Gasteiger partial charge < -0.3 is 10.6 Å². The Morgan fingerprint density at radius 2 is 2.11 bits per heavy atom. The first-order valence-electron chi connectivity index (χ1n) is 6.97. The number of carbonyl (C=O) groups is 1. The second kappa shape index (κ2) is 6.01. The van der Waals surface area contributed by atoms with Crippen LogP contribution in [-0.4, -0.2) is 28.9 Å². The molecule has 1 heterocycles. The van der Waals surface area contributed by atoms with Crippen LogP contribution >= 0.6 is 11.3 Å². The van der Waals surface area contributed by atoms with Crippen molar-refractivity contribution < 1.29 is 4.79 Å². The van der Waals surface area contributed by atoms with Crippen molar-refractivity contribution in [2.75, 3.05) is 7.05 Å². The predicted octanol–water partition coefficient (Wildman–Crippen LogP) is 1.96. The van der Waals surface area contributed by atoms with E-state index in [-0.39, 0.29) is 17.9 Å². The van der Waals surface area contributed by atoms with Crippen LogP contribution in [0.3, 0.4) is 0 Å². The first-order valence-corrected chi connectivity index (χ1v) is 7.78. The minimum Gasteiger partial charge on any atom is -0.339 e. The number of aryl methyl sites for hydroxylation is 2. The summed E-state index contributed by atoms with van der Waals surface area (Å²) < 4.78 is 0. The maximum absolute atomic E-state index is 12.2. The molecule has 0 aliphatic heterocycles. The molecule has 0 bridgehead atoms. The Labute approximate surface area is 119 Å². The molecule has 1 aromatic rings. The van der Waals surface area contributed by atoms with Crippen molar-refractivity contribution >= 4 is 17.2 Å². The van der Waals surface area contributed by atoms with E-state index in [0.717, 1.165) is 17.8 Å². The molecule has 2 unspecified atom stereocenters. The van der Waals surface area contributed by atoms with Crippen LogP contribution in [0.2, 0.25) is 0 Å². The zero-order chi connectivity index (χ0) is 14.0. The van der Waals surface area contributed by atoms with Gasteiger partial charge in [0.1, 0.15) is 5.01 Å². The lowest BCUT2D eigenvalue weighted by molar-refractivity contribution is -0.134. The van der Waals surface area contributed by atoms with Gasteiger partial charge in [-0.15, -0.1) is 11.3 Å².